The highest BCUT2D eigenvalue weighted by Gasteiger charge is 2.18. The number of carbonyl (C=O) groups excluding carboxylic acids is 2. The summed E-state index contributed by atoms with van der Waals surface area (Å²) < 4.78 is 17.7. The maximum absolute atomic E-state index is 12.9. The first-order valence-corrected chi connectivity index (χ1v) is 5.65. The van der Waals surface area contributed by atoms with Crippen molar-refractivity contribution in [2.24, 2.45) is 0 Å². The molecule has 1 amide bonds. The lowest BCUT2D eigenvalue weighted by molar-refractivity contribution is -0.143. The second kappa shape index (κ2) is 6.68. The SMILES string of the molecule is CCOC(=O)CN(CC)C(=O)c1ccnc(F)c1. The summed E-state index contributed by atoms with van der Waals surface area (Å²) in [6.07, 6.45) is 1.21. The zero-order valence-electron chi connectivity index (χ0n) is 10.4. The first-order chi connectivity index (χ1) is 8.58. The van der Waals surface area contributed by atoms with Crippen molar-refractivity contribution in [1.29, 1.82) is 0 Å². The van der Waals surface area contributed by atoms with Crippen molar-refractivity contribution in [3.05, 3.63) is 29.8 Å². The maximum atomic E-state index is 12.9. The Balaban J connectivity index is 2.76. The van der Waals surface area contributed by atoms with E-state index in [0.717, 1.165) is 6.07 Å². The number of esters is 1. The number of aromatic nitrogens is 1. The van der Waals surface area contributed by atoms with E-state index in [2.05, 4.69) is 4.98 Å². The number of likely N-dealkylation sites (N-methyl/N-ethyl adjacent to an activating group) is 1. The van der Waals surface area contributed by atoms with E-state index in [1.807, 2.05) is 0 Å². The van der Waals surface area contributed by atoms with Crippen LogP contribution in [0.15, 0.2) is 18.3 Å². The van der Waals surface area contributed by atoms with Crippen LogP contribution >= 0.6 is 0 Å². The topological polar surface area (TPSA) is 59.5 Å². The van der Waals surface area contributed by atoms with Gasteiger partial charge in [0.1, 0.15) is 6.54 Å². The van der Waals surface area contributed by atoms with Crippen molar-refractivity contribution in [3.63, 3.8) is 0 Å². The number of hydrogen-bond donors (Lipinski definition) is 0. The molecule has 1 aromatic heterocycles. The minimum Gasteiger partial charge on any atom is -0.465 e. The van der Waals surface area contributed by atoms with E-state index in [0.29, 0.717) is 6.54 Å². The molecule has 1 heterocycles. The van der Waals surface area contributed by atoms with Gasteiger partial charge in [-0.1, -0.05) is 0 Å². The number of hydrogen-bond acceptors (Lipinski definition) is 4. The predicted octanol–water partition coefficient (Wildman–Crippen LogP) is 1.25. The summed E-state index contributed by atoms with van der Waals surface area (Å²) in [7, 11) is 0. The Morgan fingerprint density at radius 2 is 2.17 bits per heavy atom. The number of halogens is 1. The lowest BCUT2D eigenvalue weighted by atomic mass is 10.2. The third-order valence-corrected chi connectivity index (χ3v) is 2.27. The van der Waals surface area contributed by atoms with E-state index >= 15 is 0 Å². The molecular weight excluding hydrogens is 239 g/mol. The van der Waals surface area contributed by atoms with Crippen LogP contribution in [0.25, 0.3) is 0 Å². The molecule has 1 aromatic rings. The molecule has 6 heteroatoms. The molecule has 0 aliphatic carbocycles. The van der Waals surface area contributed by atoms with Gasteiger partial charge in [-0.25, -0.2) is 4.98 Å². The molecule has 0 fully saturated rings. The second-order valence-corrected chi connectivity index (χ2v) is 3.49. The molecule has 0 N–H and O–H groups in total. The summed E-state index contributed by atoms with van der Waals surface area (Å²) in [5.74, 6) is -1.64. The quantitative estimate of drug-likeness (QED) is 0.586. The molecule has 0 bridgehead atoms. The lowest BCUT2D eigenvalue weighted by Gasteiger charge is -2.19. The minimum atomic E-state index is -0.729. The second-order valence-electron chi connectivity index (χ2n) is 3.49. The van der Waals surface area contributed by atoms with Crippen molar-refractivity contribution >= 4 is 11.9 Å². The van der Waals surface area contributed by atoms with E-state index < -0.39 is 17.8 Å². The molecule has 18 heavy (non-hydrogen) atoms. The van der Waals surface area contributed by atoms with Gasteiger partial charge in [0.15, 0.2) is 0 Å². The highest BCUT2D eigenvalue weighted by atomic mass is 19.1. The zero-order valence-corrected chi connectivity index (χ0v) is 10.4. The molecule has 0 atom stereocenters. The van der Waals surface area contributed by atoms with Crippen LogP contribution in [0.5, 0.6) is 0 Å². The molecule has 0 spiro atoms. The first kappa shape index (κ1) is 14.1. The Morgan fingerprint density at radius 3 is 2.72 bits per heavy atom. The molecule has 98 valence electrons. The van der Waals surface area contributed by atoms with Crippen LogP contribution in [0.3, 0.4) is 0 Å². The van der Waals surface area contributed by atoms with Crippen LogP contribution in [0.1, 0.15) is 24.2 Å². The summed E-state index contributed by atoms with van der Waals surface area (Å²) in [5.41, 5.74) is 0.161. The number of rotatable bonds is 5. The van der Waals surface area contributed by atoms with Crippen LogP contribution < -0.4 is 0 Å². The molecule has 0 aromatic carbocycles. The van der Waals surface area contributed by atoms with E-state index in [4.69, 9.17) is 4.74 Å². The van der Waals surface area contributed by atoms with Crippen LogP contribution in [0, 0.1) is 5.95 Å². The van der Waals surface area contributed by atoms with Crippen molar-refractivity contribution in [1.82, 2.24) is 9.88 Å². The Bertz CT molecular complexity index is 437. The highest BCUT2D eigenvalue weighted by Crippen LogP contribution is 2.05. The van der Waals surface area contributed by atoms with Crippen LogP contribution in [-0.4, -0.2) is 41.5 Å². The zero-order chi connectivity index (χ0) is 13.5. The molecule has 1 rings (SSSR count). The van der Waals surface area contributed by atoms with Gasteiger partial charge in [0.05, 0.1) is 6.61 Å². The summed E-state index contributed by atoms with van der Waals surface area (Å²) >= 11 is 0. The van der Waals surface area contributed by atoms with Gasteiger partial charge in [0, 0.05) is 24.4 Å². The third-order valence-electron chi connectivity index (χ3n) is 2.27. The Labute approximate surface area is 105 Å². The highest BCUT2D eigenvalue weighted by molar-refractivity contribution is 5.95. The molecule has 5 nitrogen and oxygen atoms in total. The molecular formula is C12H15FN2O3. The van der Waals surface area contributed by atoms with E-state index in [1.165, 1.54) is 17.2 Å². The maximum Gasteiger partial charge on any atom is 0.325 e. The standard InChI is InChI=1S/C12H15FN2O3/c1-3-15(8-11(16)18-4-2)12(17)9-5-6-14-10(13)7-9/h5-7H,3-4,8H2,1-2H3. The number of pyridine rings is 1. The fourth-order valence-electron chi connectivity index (χ4n) is 1.41. The van der Waals surface area contributed by atoms with Crippen LogP contribution in [0.4, 0.5) is 4.39 Å². The van der Waals surface area contributed by atoms with Gasteiger partial charge >= 0.3 is 5.97 Å². The summed E-state index contributed by atoms with van der Waals surface area (Å²) in [4.78, 5) is 28.0. The number of carbonyl (C=O) groups is 2. The Morgan fingerprint density at radius 1 is 1.44 bits per heavy atom. The van der Waals surface area contributed by atoms with Crippen molar-refractivity contribution in [3.8, 4) is 0 Å². The monoisotopic (exact) mass is 254 g/mol. The Hall–Kier alpha value is -1.98. The number of amides is 1. The van der Waals surface area contributed by atoms with Gasteiger partial charge in [-0.3, -0.25) is 9.59 Å². The van der Waals surface area contributed by atoms with E-state index in [1.54, 1.807) is 13.8 Å². The first-order valence-electron chi connectivity index (χ1n) is 5.65. The minimum absolute atomic E-state index is 0.146. The smallest absolute Gasteiger partial charge is 0.325 e. The fraction of sp³-hybridized carbons (Fsp3) is 0.417. The third kappa shape index (κ3) is 3.80. The fourth-order valence-corrected chi connectivity index (χ4v) is 1.41. The molecule has 0 aliphatic rings. The summed E-state index contributed by atoms with van der Waals surface area (Å²) in [6.45, 7) is 3.87. The van der Waals surface area contributed by atoms with Gasteiger partial charge in [-0.2, -0.15) is 4.39 Å². The van der Waals surface area contributed by atoms with Gasteiger partial charge in [-0.15, -0.1) is 0 Å². The van der Waals surface area contributed by atoms with Crippen LogP contribution in [0.2, 0.25) is 0 Å². The van der Waals surface area contributed by atoms with Crippen LogP contribution in [-0.2, 0) is 9.53 Å². The largest absolute Gasteiger partial charge is 0.465 e. The van der Waals surface area contributed by atoms with Gasteiger partial charge < -0.3 is 9.64 Å². The summed E-state index contributed by atoms with van der Waals surface area (Å²) in [5, 5.41) is 0. The average molecular weight is 254 g/mol. The van der Waals surface area contributed by atoms with E-state index in [-0.39, 0.29) is 18.7 Å². The summed E-state index contributed by atoms with van der Waals surface area (Å²) in [6, 6.07) is 2.44. The average Bonchev–Trinajstić information content (AvgIpc) is 2.35. The number of ether oxygens (including phenoxy) is 1. The molecule has 0 saturated carbocycles. The van der Waals surface area contributed by atoms with Gasteiger partial charge in [0.2, 0.25) is 5.95 Å². The van der Waals surface area contributed by atoms with Crippen molar-refractivity contribution in [2.75, 3.05) is 19.7 Å². The number of nitrogens with zero attached hydrogens (tertiary/aromatic N) is 2. The lowest BCUT2D eigenvalue weighted by Crippen LogP contribution is -2.36. The van der Waals surface area contributed by atoms with Crippen molar-refractivity contribution < 1.29 is 18.7 Å². The van der Waals surface area contributed by atoms with E-state index in [9.17, 15) is 14.0 Å². The molecule has 0 radical (unpaired) electrons. The molecule has 0 unspecified atom stereocenters. The molecule has 0 aliphatic heterocycles. The van der Waals surface area contributed by atoms with Crippen molar-refractivity contribution in [2.45, 2.75) is 13.8 Å². The normalized spacial score (nSPS) is 9.94. The van der Waals surface area contributed by atoms with Gasteiger partial charge in [-0.05, 0) is 19.9 Å². The predicted molar refractivity (Wildman–Crippen MR) is 62.4 cm³/mol. The molecule has 0 saturated heterocycles. The Kier molecular flexibility index (Phi) is 5.23. The van der Waals surface area contributed by atoms with Gasteiger partial charge in [0.25, 0.3) is 5.91 Å².